The first-order chi connectivity index (χ1) is 8.61. The number of hydrogen-bond donors (Lipinski definition) is 2. The van der Waals surface area contributed by atoms with Gasteiger partial charge in [-0.3, -0.25) is 0 Å². The average molecular weight is 247 g/mol. The lowest BCUT2D eigenvalue weighted by Crippen LogP contribution is -2.32. The number of aliphatic imine (C=N–C) groups is 1. The minimum Gasteiger partial charge on any atom is -0.404 e. The molecule has 4 N–H and O–H groups in total. The summed E-state index contributed by atoms with van der Waals surface area (Å²) in [4.78, 5) is 4.39. The van der Waals surface area contributed by atoms with Crippen molar-refractivity contribution in [1.29, 1.82) is 0 Å². The molecule has 0 heterocycles. The fourth-order valence-electron chi connectivity index (χ4n) is 2.20. The molecular weight excluding hydrogens is 229 g/mol. The summed E-state index contributed by atoms with van der Waals surface area (Å²) in [5, 5.41) is 0. The molecule has 1 saturated carbocycles. The summed E-state index contributed by atoms with van der Waals surface area (Å²) in [6.45, 7) is 1.91. The maximum atomic E-state index is 13.7. The van der Waals surface area contributed by atoms with Crippen LogP contribution in [0.5, 0.6) is 0 Å². The Morgan fingerprint density at radius 3 is 2.94 bits per heavy atom. The van der Waals surface area contributed by atoms with E-state index < -0.39 is 0 Å². The Morgan fingerprint density at radius 1 is 1.44 bits per heavy atom. The Hall–Kier alpha value is -1.68. The standard InChI is InChI=1S/C14H18FN3/c1-9-5-6-11(15)14(7-9)18-13-4-2-3-12(17)10(13)8-16/h5-8,12H,2-4,16-17H2,1H3. The zero-order chi connectivity index (χ0) is 13.1. The third kappa shape index (κ3) is 2.59. The van der Waals surface area contributed by atoms with Gasteiger partial charge < -0.3 is 11.5 Å². The summed E-state index contributed by atoms with van der Waals surface area (Å²) in [7, 11) is 0. The number of nitrogens with zero attached hydrogens (tertiary/aromatic N) is 1. The molecule has 0 aliphatic heterocycles. The molecule has 0 radical (unpaired) electrons. The van der Waals surface area contributed by atoms with Crippen molar-refractivity contribution in [3.8, 4) is 0 Å². The molecule has 4 heteroatoms. The molecule has 1 fully saturated rings. The maximum Gasteiger partial charge on any atom is 0.148 e. The van der Waals surface area contributed by atoms with Gasteiger partial charge in [0.1, 0.15) is 5.82 Å². The molecule has 1 unspecified atom stereocenters. The lowest BCUT2D eigenvalue weighted by molar-refractivity contribution is 0.626. The van der Waals surface area contributed by atoms with Gasteiger partial charge in [0.25, 0.3) is 0 Å². The Kier molecular flexibility index (Phi) is 3.77. The van der Waals surface area contributed by atoms with Crippen LogP contribution >= 0.6 is 0 Å². The van der Waals surface area contributed by atoms with Crippen molar-refractivity contribution in [3.05, 3.63) is 41.4 Å². The first-order valence-corrected chi connectivity index (χ1v) is 6.13. The van der Waals surface area contributed by atoms with Gasteiger partial charge >= 0.3 is 0 Å². The molecule has 0 aromatic heterocycles. The summed E-state index contributed by atoms with van der Waals surface area (Å²) in [6.07, 6.45) is 4.16. The minimum absolute atomic E-state index is 0.0876. The van der Waals surface area contributed by atoms with Gasteiger partial charge in [-0.2, -0.15) is 0 Å². The van der Waals surface area contributed by atoms with E-state index in [2.05, 4.69) is 4.99 Å². The highest BCUT2D eigenvalue weighted by Crippen LogP contribution is 2.25. The topological polar surface area (TPSA) is 64.4 Å². The highest BCUT2D eigenvalue weighted by atomic mass is 19.1. The number of nitrogens with two attached hydrogens (primary N) is 2. The molecule has 3 nitrogen and oxygen atoms in total. The Balaban J connectivity index is 2.39. The Labute approximate surface area is 106 Å². The van der Waals surface area contributed by atoms with Crippen LogP contribution in [-0.2, 0) is 0 Å². The van der Waals surface area contributed by atoms with E-state index in [1.807, 2.05) is 6.92 Å². The fourth-order valence-corrected chi connectivity index (χ4v) is 2.20. The van der Waals surface area contributed by atoms with Crippen LogP contribution in [0.15, 0.2) is 35.0 Å². The molecule has 1 aliphatic rings. The molecule has 0 amide bonds. The molecular formula is C14H18FN3. The molecule has 2 rings (SSSR count). The summed E-state index contributed by atoms with van der Waals surface area (Å²) in [5.74, 6) is -0.316. The first kappa shape index (κ1) is 12.8. The van der Waals surface area contributed by atoms with Crippen LogP contribution in [0.1, 0.15) is 24.8 Å². The number of benzene rings is 1. The lowest BCUT2D eigenvalue weighted by Gasteiger charge is -2.23. The average Bonchev–Trinajstić information content (AvgIpc) is 2.34. The maximum absolute atomic E-state index is 13.7. The van der Waals surface area contributed by atoms with E-state index in [-0.39, 0.29) is 11.9 Å². The van der Waals surface area contributed by atoms with E-state index in [1.54, 1.807) is 12.1 Å². The molecule has 1 atom stereocenters. The summed E-state index contributed by atoms with van der Waals surface area (Å²) >= 11 is 0. The van der Waals surface area contributed by atoms with Crippen LogP contribution < -0.4 is 11.5 Å². The third-order valence-electron chi connectivity index (χ3n) is 3.20. The lowest BCUT2D eigenvalue weighted by atomic mass is 9.89. The highest BCUT2D eigenvalue weighted by molar-refractivity contribution is 6.03. The van der Waals surface area contributed by atoms with Crippen LogP contribution in [0.2, 0.25) is 0 Å². The molecule has 96 valence electrons. The van der Waals surface area contributed by atoms with Crippen molar-refractivity contribution in [1.82, 2.24) is 0 Å². The van der Waals surface area contributed by atoms with Gasteiger partial charge in [-0.15, -0.1) is 0 Å². The second-order valence-corrected chi connectivity index (χ2v) is 4.63. The van der Waals surface area contributed by atoms with Gasteiger partial charge in [0.15, 0.2) is 0 Å². The normalized spacial score (nSPS) is 24.7. The van der Waals surface area contributed by atoms with Crippen molar-refractivity contribution >= 4 is 11.4 Å². The van der Waals surface area contributed by atoms with Gasteiger partial charge in [0.05, 0.1) is 5.69 Å². The van der Waals surface area contributed by atoms with E-state index >= 15 is 0 Å². The van der Waals surface area contributed by atoms with Crippen LogP contribution in [0.3, 0.4) is 0 Å². The van der Waals surface area contributed by atoms with Crippen LogP contribution in [-0.4, -0.2) is 11.8 Å². The molecule has 1 aliphatic carbocycles. The number of rotatable bonds is 1. The van der Waals surface area contributed by atoms with E-state index in [0.29, 0.717) is 5.69 Å². The van der Waals surface area contributed by atoms with Crippen molar-refractivity contribution in [2.24, 2.45) is 16.5 Å². The summed E-state index contributed by atoms with van der Waals surface area (Å²) in [6, 6.07) is 4.81. The molecule has 0 saturated heterocycles. The van der Waals surface area contributed by atoms with E-state index in [1.165, 1.54) is 12.3 Å². The second-order valence-electron chi connectivity index (χ2n) is 4.63. The SMILES string of the molecule is Cc1ccc(F)c(N=C2CCCC(N)C2=CN)c1. The summed E-state index contributed by atoms with van der Waals surface area (Å²) in [5.41, 5.74) is 14.5. The molecule has 1 aromatic rings. The van der Waals surface area contributed by atoms with E-state index in [9.17, 15) is 4.39 Å². The zero-order valence-corrected chi connectivity index (χ0v) is 10.5. The first-order valence-electron chi connectivity index (χ1n) is 6.13. The van der Waals surface area contributed by atoms with Crippen LogP contribution in [0, 0.1) is 12.7 Å². The Bertz CT molecular complexity index is 506. The van der Waals surface area contributed by atoms with Crippen molar-refractivity contribution in [3.63, 3.8) is 0 Å². The van der Waals surface area contributed by atoms with E-state index in [4.69, 9.17) is 11.5 Å². The van der Waals surface area contributed by atoms with Crippen LogP contribution in [0.25, 0.3) is 0 Å². The highest BCUT2D eigenvalue weighted by Gasteiger charge is 2.20. The van der Waals surface area contributed by atoms with Crippen molar-refractivity contribution < 1.29 is 4.39 Å². The predicted octanol–water partition coefficient (Wildman–Crippen LogP) is 2.56. The number of hydrogen-bond acceptors (Lipinski definition) is 3. The van der Waals surface area contributed by atoms with Gasteiger partial charge in [-0.05, 0) is 43.9 Å². The molecule has 0 spiro atoms. The van der Waals surface area contributed by atoms with Gasteiger partial charge in [0, 0.05) is 23.5 Å². The zero-order valence-electron chi connectivity index (χ0n) is 10.5. The van der Waals surface area contributed by atoms with Gasteiger partial charge in [-0.1, -0.05) is 6.07 Å². The quantitative estimate of drug-likeness (QED) is 0.801. The van der Waals surface area contributed by atoms with Crippen molar-refractivity contribution in [2.45, 2.75) is 32.2 Å². The second kappa shape index (κ2) is 5.31. The smallest absolute Gasteiger partial charge is 0.148 e. The van der Waals surface area contributed by atoms with Gasteiger partial charge in [0.2, 0.25) is 0 Å². The molecule has 1 aromatic carbocycles. The fraction of sp³-hybridized carbons (Fsp3) is 0.357. The largest absolute Gasteiger partial charge is 0.404 e. The van der Waals surface area contributed by atoms with Gasteiger partial charge in [-0.25, -0.2) is 9.38 Å². The molecule has 18 heavy (non-hydrogen) atoms. The van der Waals surface area contributed by atoms with Crippen molar-refractivity contribution in [2.75, 3.05) is 0 Å². The predicted molar refractivity (Wildman–Crippen MR) is 72.3 cm³/mol. The summed E-state index contributed by atoms with van der Waals surface area (Å²) < 4.78 is 13.7. The minimum atomic E-state index is -0.316. The monoisotopic (exact) mass is 247 g/mol. The Morgan fingerprint density at radius 2 is 2.22 bits per heavy atom. The molecule has 0 bridgehead atoms. The number of aryl methyl sites for hydroxylation is 1. The van der Waals surface area contributed by atoms with E-state index in [0.717, 1.165) is 36.1 Å². The number of halogens is 1. The third-order valence-corrected chi connectivity index (χ3v) is 3.20. The van der Waals surface area contributed by atoms with Crippen LogP contribution in [0.4, 0.5) is 10.1 Å².